The topological polar surface area (TPSA) is 40.1 Å². The Hall–Kier alpha value is -1.82. The second-order valence-corrected chi connectivity index (χ2v) is 6.37. The Balaban J connectivity index is 1.77. The third-order valence-electron chi connectivity index (χ3n) is 3.96. The van der Waals surface area contributed by atoms with Crippen molar-refractivity contribution in [1.29, 1.82) is 0 Å². The zero-order chi connectivity index (χ0) is 17.4. The number of benzene rings is 1. The summed E-state index contributed by atoms with van der Waals surface area (Å²) in [5.41, 5.74) is 0.683. The quantitative estimate of drug-likeness (QED) is 0.491. The summed E-state index contributed by atoms with van der Waals surface area (Å²) in [6, 6.07) is 6.95. The average molecular weight is 336 g/mol. The van der Waals surface area contributed by atoms with Crippen molar-refractivity contribution in [2.45, 2.75) is 13.8 Å². The molecule has 134 valence electrons. The molecule has 6 heteroatoms. The normalized spacial score (nSPS) is 16.0. The molecule has 0 spiro atoms. The second-order valence-electron chi connectivity index (χ2n) is 6.37. The molecule has 1 N–H and O–H groups in total. The minimum atomic E-state index is -0.157. The minimum Gasteiger partial charge on any atom is -0.379 e. The van der Waals surface area contributed by atoms with Gasteiger partial charge in [-0.2, -0.15) is 0 Å². The highest BCUT2D eigenvalue weighted by Crippen LogP contribution is 2.20. The van der Waals surface area contributed by atoms with Crippen LogP contribution >= 0.6 is 0 Å². The van der Waals surface area contributed by atoms with Crippen LogP contribution in [-0.2, 0) is 4.74 Å². The van der Waals surface area contributed by atoms with E-state index in [9.17, 15) is 4.39 Å². The van der Waals surface area contributed by atoms with E-state index < -0.39 is 0 Å². The van der Waals surface area contributed by atoms with Crippen molar-refractivity contribution in [2.75, 3.05) is 57.9 Å². The van der Waals surface area contributed by atoms with Crippen LogP contribution in [0.15, 0.2) is 29.3 Å². The average Bonchev–Trinajstić information content (AvgIpc) is 2.59. The molecule has 0 aromatic heterocycles. The van der Waals surface area contributed by atoms with Crippen molar-refractivity contribution >= 4 is 11.6 Å². The Morgan fingerprint density at radius 3 is 2.58 bits per heavy atom. The predicted molar refractivity (Wildman–Crippen MR) is 97.2 cm³/mol. The van der Waals surface area contributed by atoms with Gasteiger partial charge in [-0.05, 0) is 18.1 Å². The highest BCUT2D eigenvalue weighted by atomic mass is 19.1. The van der Waals surface area contributed by atoms with Crippen LogP contribution in [0.2, 0.25) is 0 Å². The number of hydrogen-bond donors (Lipinski definition) is 1. The third kappa shape index (κ3) is 5.37. The first kappa shape index (κ1) is 18.5. The van der Waals surface area contributed by atoms with E-state index in [1.807, 2.05) is 12.1 Å². The first-order valence-electron chi connectivity index (χ1n) is 8.64. The number of halogens is 1. The third-order valence-corrected chi connectivity index (χ3v) is 3.96. The van der Waals surface area contributed by atoms with E-state index in [1.165, 1.54) is 6.07 Å². The van der Waals surface area contributed by atoms with Crippen LogP contribution < -0.4 is 10.2 Å². The Labute approximate surface area is 144 Å². The fourth-order valence-electron chi connectivity index (χ4n) is 2.75. The number of para-hydroxylation sites is 1. The van der Waals surface area contributed by atoms with Crippen molar-refractivity contribution in [3.8, 4) is 0 Å². The maximum Gasteiger partial charge on any atom is 0.193 e. The maximum absolute atomic E-state index is 13.9. The lowest BCUT2D eigenvalue weighted by atomic mass is 10.2. The van der Waals surface area contributed by atoms with Crippen LogP contribution in [0.1, 0.15) is 13.8 Å². The summed E-state index contributed by atoms with van der Waals surface area (Å²) >= 11 is 0. The van der Waals surface area contributed by atoms with Gasteiger partial charge in [0.1, 0.15) is 5.82 Å². The molecule has 1 saturated heterocycles. The van der Waals surface area contributed by atoms with Crippen molar-refractivity contribution < 1.29 is 9.13 Å². The number of anilines is 1. The van der Waals surface area contributed by atoms with Crippen molar-refractivity contribution in [2.24, 2.45) is 10.9 Å². The summed E-state index contributed by atoms with van der Waals surface area (Å²) in [4.78, 5) is 8.64. The van der Waals surface area contributed by atoms with Gasteiger partial charge in [0, 0.05) is 46.4 Å². The molecule has 0 aliphatic carbocycles. The monoisotopic (exact) mass is 336 g/mol. The summed E-state index contributed by atoms with van der Waals surface area (Å²) in [5, 5.41) is 3.34. The summed E-state index contributed by atoms with van der Waals surface area (Å²) in [6.07, 6.45) is 0. The molecule has 1 heterocycles. The zero-order valence-corrected chi connectivity index (χ0v) is 15.0. The number of aliphatic imine (C=N–C) groups is 1. The standard InChI is InChI=1S/C18H29FN4O/c1-15(2)14-24-13-8-21-18(20-3)23-11-9-22(10-12-23)17-7-5-4-6-16(17)19/h4-7,15H,8-14H2,1-3H3,(H,20,21). The molecule has 0 amide bonds. The van der Waals surface area contributed by atoms with Gasteiger partial charge >= 0.3 is 0 Å². The van der Waals surface area contributed by atoms with Crippen LogP contribution in [0.25, 0.3) is 0 Å². The molecule has 0 saturated carbocycles. The first-order chi connectivity index (χ1) is 11.6. The van der Waals surface area contributed by atoms with E-state index in [2.05, 4.69) is 34.0 Å². The van der Waals surface area contributed by atoms with E-state index >= 15 is 0 Å². The molecule has 0 bridgehead atoms. The zero-order valence-electron chi connectivity index (χ0n) is 15.0. The van der Waals surface area contributed by atoms with Crippen LogP contribution in [0.3, 0.4) is 0 Å². The summed E-state index contributed by atoms with van der Waals surface area (Å²) in [7, 11) is 1.79. The molecular formula is C18H29FN4O. The molecule has 0 atom stereocenters. The Bertz CT molecular complexity index is 528. The molecule has 0 radical (unpaired) electrons. The smallest absolute Gasteiger partial charge is 0.193 e. The molecule has 0 unspecified atom stereocenters. The van der Waals surface area contributed by atoms with Gasteiger partial charge in [0.05, 0.1) is 12.3 Å². The number of piperazine rings is 1. The number of rotatable bonds is 6. The van der Waals surface area contributed by atoms with Crippen LogP contribution in [0.4, 0.5) is 10.1 Å². The van der Waals surface area contributed by atoms with E-state index in [0.717, 1.165) is 45.3 Å². The molecule has 1 aliphatic heterocycles. The molecule has 1 aromatic rings. The molecule has 24 heavy (non-hydrogen) atoms. The molecule has 1 aromatic carbocycles. The Morgan fingerprint density at radius 1 is 1.25 bits per heavy atom. The Kier molecular flexibility index (Phi) is 7.31. The van der Waals surface area contributed by atoms with Gasteiger partial charge in [0.15, 0.2) is 5.96 Å². The number of nitrogens with zero attached hydrogens (tertiary/aromatic N) is 3. The van der Waals surface area contributed by atoms with Gasteiger partial charge < -0.3 is 19.9 Å². The fourth-order valence-corrected chi connectivity index (χ4v) is 2.75. The van der Waals surface area contributed by atoms with Gasteiger partial charge in [-0.1, -0.05) is 26.0 Å². The number of guanidine groups is 1. The van der Waals surface area contributed by atoms with Crippen LogP contribution in [0, 0.1) is 11.7 Å². The maximum atomic E-state index is 13.9. The molecule has 5 nitrogen and oxygen atoms in total. The lowest BCUT2D eigenvalue weighted by Gasteiger charge is -2.37. The lowest BCUT2D eigenvalue weighted by molar-refractivity contribution is 0.114. The molecule has 1 fully saturated rings. The summed E-state index contributed by atoms with van der Waals surface area (Å²) in [5.74, 6) is 1.28. The van der Waals surface area contributed by atoms with Crippen molar-refractivity contribution in [1.82, 2.24) is 10.2 Å². The SMILES string of the molecule is CN=C(NCCOCC(C)C)N1CCN(c2ccccc2F)CC1. The van der Waals surface area contributed by atoms with Gasteiger partial charge in [0.25, 0.3) is 0 Å². The largest absolute Gasteiger partial charge is 0.379 e. The molecule has 1 aliphatic rings. The van der Waals surface area contributed by atoms with E-state index in [0.29, 0.717) is 18.2 Å². The second kappa shape index (κ2) is 9.47. The van der Waals surface area contributed by atoms with Crippen molar-refractivity contribution in [3.63, 3.8) is 0 Å². The first-order valence-corrected chi connectivity index (χ1v) is 8.64. The summed E-state index contributed by atoms with van der Waals surface area (Å²) < 4.78 is 19.5. The molecular weight excluding hydrogens is 307 g/mol. The van der Waals surface area contributed by atoms with Gasteiger partial charge in [0.2, 0.25) is 0 Å². The number of hydrogen-bond acceptors (Lipinski definition) is 3. The molecule has 2 rings (SSSR count). The predicted octanol–water partition coefficient (Wildman–Crippen LogP) is 2.20. The van der Waals surface area contributed by atoms with Gasteiger partial charge in [-0.3, -0.25) is 4.99 Å². The minimum absolute atomic E-state index is 0.157. The summed E-state index contributed by atoms with van der Waals surface area (Å²) in [6.45, 7) is 9.68. The highest BCUT2D eigenvalue weighted by molar-refractivity contribution is 5.80. The van der Waals surface area contributed by atoms with E-state index in [1.54, 1.807) is 13.1 Å². The number of ether oxygens (including phenoxy) is 1. The van der Waals surface area contributed by atoms with Gasteiger partial charge in [-0.15, -0.1) is 0 Å². The van der Waals surface area contributed by atoms with Crippen molar-refractivity contribution in [3.05, 3.63) is 30.1 Å². The van der Waals surface area contributed by atoms with Crippen LogP contribution in [-0.4, -0.2) is 63.8 Å². The Morgan fingerprint density at radius 2 is 1.96 bits per heavy atom. The lowest BCUT2D eigenvalue weighted by Crippen LogP contribution is -2.53. The van der Waals surface area contributed by atoms with Crippen LogP contribution in [0.5, 0.6) is 0 Å². The fraction of sp³-hybridized carbons (Fsp3) is 0.611. The van der Waals surface area contributed by atoms with E-state index in [4.69, 9.17) is 4.74 Å². The van der Waals surface area contributed by atoms with E-state index in [-0.39, 0.29) is 5.82 Å². The highest BCUT2D eigenvalue weighted by Gasteiger charge is 2.21. The number of nitrogens with one attached hydrogen (secondary N) is 1. The van der Waals surface area contributed by atoms with Gasteiger partial charge in [-0.25, -0.2) is 4.39 Å².